The van der Waals surface area contributed by atoms with Crippen molar-refractivity contribution in [2.75, 3.05) is 11.9 Å². The number of carbonyl (C=O) groups excluding carboxylic acids is 1. The third-order valence-corrected chi connectivity index (χ3v) is 3.07. The smallest absolute Gasteiger partial charge is 0.241 e. The van der Waals surface area contributed by atoms with Crippen molar-refractivity contribution in [3.63, 3.8) is 0 Å². The van der Waals surface area contributed by atoms with Crippen LogP contribution in [0, 0.1) is 0 Å². The Kier molecular flexibility index (Phi) is 2.14. The second-order valence-corrected chi connectivity index (χ2v) is 4.08. The van der Waals surface area contributed by atoms with Gasteiger partial charge in [0.2, 0.25) is 5.91 Å². The number of benzene rings is 1. The summed E-state index contributed by atoms with van der Waals surface area (Å²) in [5, 5.41) is 0. The van der Waals surface area contributed by atoms with Gasteiger partial charge in [0.15, 0.2) is 0 Å². The van der Waals surface area contributed by atoms with Crippen LogP contribution in [0.4, 0.5) is 5.69 Å². The Morgan fingerprint density at radius 3 is 2.67 bits per heavy atom. The van der Waals surface area contributed by atoms with Gasteiger partial charge in [0.05, 0.1) is 5.41 Å². The van der Waals surface area contributed by atoms with Gasteiger partial charge >= 0.3 is 0 Å². The largest absolute Gasteiger partial charge is 0.314 e. The van der Waals surface area contributed by atoms with E-state index in [1.165, 1.54) is 0 Å². The molecule has 1 amide bonds. The molecule has 0 aromatic heterocycles. The molecule has 0 unspecified atom stereocenters. The summed E-state index contributed by atoms with van der Waals surface area (Å²) in [6.07, 6.45) is 3.91. The molecule has 15 heavy (non-hydrogen) atoms. The fourth-order valence-corrected chi connectivity index (χ4v) is 2.27. The Bertz CT molecular complexity index is 436. The summed E-state index contributed by atoms with van der Waals surface area (Å²) in [6, 6.07) is 7.95. The molecule has 0 aliphatic carbocycles. The standard InChI is InChI=1S/C13H15NO/c1-4-9-13(2)10-7-5-6-8-11(10)14(3)12(13)15/h4-9H,1-3H3/b9-4+/t13-/m1/s1. The number of carbonyl (C=O) groups is 1. The molecule has 1 aliphatic heterocycles. The molecule has 0 N–H and O–H groups in total. The number of para-hydroxylation sites is 1. The number of rotatable bonds is 1. The van der Waals surface area contributed by atoms with E-state index in [2.05, 4.69) is 0 Å². The highest BCUT2D eigenvalue weighted by Crippen LogP contribution is 2.41. The predicted molar refractivity (Wildman–Crippen MR) is 62.0 cm³/mol. The van der Waals surface area contributed by atoms with Crippen LogP contribution in [0.2, 0.25) is 0 Å². The van der Waals surface area contributed by atoms with Crippen molar-refractivity contribution in [3.05, 3.63) is 42.0 Å². The first-order valence-corrected chi connectivity index (χ1v) is 5.13. The Morgan fingerprint density at radius 1 is 1.33 bits per heavy atom. The Labute approximate surface area is 90.2 Å². The van der Waals surface area contributed by atoms with Crippen molar-refractivity contribution in [2.45, 2.75) is 19.3 Å². The van der Waals surface area contributed by atoms with E-state index in [0.29, 0.717) is 0 Å². The Morgan fingerprint density at radius 2 is 2.00 bits per heavy atom. The lowest BCUT2D eigenvalue weighted by molar-refractivity contribution is -0.120. The molecule has 1 heterocycles. The zero-order chi connectivity index (χ0) is 11.1. The quantitative estimate of drug-likeness (QED) is 0.639. The maximum Gasteiger partial charge on any atom is 0.241 e. The molecule has 2 heteroatoms. The molecule has 1 aromatic rings. The van der Waals surface area contributed by atoms with E-state index in [1.54, 1.807) is 4.90 Å². The predicted octanol–water partition coefficient (Wildman–Crippen LogP) is 2.50. The van der Waals surface area contributed by atoms with E-state index in [1.807, 2.05) is 57.3 Å². The van der Waals surface area contributed by atoms with Crippen LogP contribution < -0.4 is 4.90 Å². The first-order chi connectivity index (χ1) is 7.11. The molecule has 2 nitrogen and oxygen atoms in total. The highest BCUT2D eigenvalue weighted by atomic mass is 16.2. The fourth-order valence-electron chi connectivity index (χ4n) is 2.27. The summed E-state index contributed by atoms with van der Waals surface area (Å²) in [6.45, 7) is 3.91. The van der Waals surface area contributed by atoms with Crippen LogP contribution in [0.5, 0.6) is 0 Å². The number of fused-ring (bicyclic) bond motifs is 1. The Hall–Kier alpha value is -1.57. The second-order valence-electron chi connectivity index (χ2n) is 4.08. The number of likely N-dealkylation sites (N-methyl/N-ethyl adjacent to an activating group) is 1. The fraction of sp³-hybridized carbons (Fsp3) is 0.308. The monoisotopic (exact) mass is 201 g/mol. The van der Waals surface area contributed by atoms with E-state index in [-0.39, 0.29) is 5.91 Å². The van der Waals surface area contributed by atoms with Crippen LogP contribution in [0.1, 0.15) is 19.4 Å². The zero-order valence-electron chi connectivity index (χ0n) is 9.32. The van der Waals surface area contributed by atoms with Crippen molar-refractivity contribution >= 4 is 11.6 Å². The minimum absolute atomic E-state index is 0.141. The summed E-state index contributed by atoms with van der Waals surface area (Å²) in [4.78, 5) is 13.9. The summed E-state index contributed by atoms with van der Waals surface area (Å²) in [5.74, 6) is 0.141. The molecule has 0 bridgehead atoms. The van der Waals surface area contributed by atoms with Gasteiger partial charge in [0, 0.05) is 12.7 Å². The lowest BCUT2D eigenvalue weighted by Crippen LogP contribution is -2.34. The van der Waals surface area contributed by atoms with Gasteiger partial charge in [-0.1, -0.05) is 30.4 Å². The van der Waals surface area contributed by atoms with Crippen LogP contribution in [0.15, 0.2) is 36.4 Å². The van der Waals surface area contributed by atoms with E-state index in [9.17, 15) is 4.79 Å². The molecule has 0 radical (unpaired) electrons. The third kappa shape index (κ3) is 1.21. The summed E-state index contributed by atoms with van der Waals surface area (Å²) in [5.41, 5.74) is 1.62. The van der Waals surface area contributed by atoms with E-state index < -0.39 is 5.41 Å². The molecule has 0 saturated heterocycles. The van der Waals surface area contributed by atoms with Gasteiger partial charge in [-0.3, -0.25) is 4.79 Å². The molecule has 1 atom stereocenters. The van der Waals surface area contributed by atoms with Gasteiger partial charge in [-0.15, -0.1) is 0 Å². The van der Waals surface area contributed by atoms with Gasteiger partial charge in [-0.05, 0) is 25.5 Å². The molecule has 0 spiro atoms. The van der Waals surface area contributed by atoms with Crippen LogP contribution in [-0.2, 0) is 10.2 Å². The first kappa shape index (κ1) is 9.97. The molecular weight excluding hydrogens is 186 g/mol. The summed E-state index contributed by atoms with van der Waals surface area (Å²) < 4.78 is 0. The van der Waals surface area contributed by atoms with Gasteiger partial charge < -0.3 is 4.90 Å². The van der Waals surface area contributed by atoms with Crippen LogP contribution >= 0.6 is 0 Å². The minimum atomic E-state index is -0.486. The molecule has 1 aromatic carbocycles. The van der Waals surface area contributed by atoms with E-state index in [4.69, 9.17) is 0 Å². The summed E-state index contributed by atoms with van der Waals surface area (Å²) >= 11 is 0. The van der Waals surface area contributed by atoms with Gasteiger partial charge in [-0.25, -0.2) is 0 Å². The van der Waals surface area contributed by atoms with Crippen molar-refractivity contribution in [1.82, 2.24) is 0 Å². The van der Waals surface area contributed by atoms with Gasteiger partial charge in [-0.2, -0.15) is 0 Å². The zero-order valence-corrected chi connectivity index (χ0v) is 9.32. The average molecular weight is 201 g/mol. The second kappa shape index (κ2) is 3.23. The topological polar surface area (TPSA) is 20.3 Å². The highest BCUT2D eigenvalue weighted by molar-refractivity contribution is 6.08. The maximum atomic E-state index is 12.1. The lowest BCUT2D eigenvalue weighted by atomic mass is 9.83. The lowest BCUT2D eigenvalue weighted by Gasteiger charge is -2.18. The van der Waals surface area contributed by atoms with Crippen molar-refractivity contribution in [1.29, 1.82) is 0 Å². The third-order valence-electron chi connectivity index (χ3n) is 3.07. The van der Waals surface area contributed by atoms with Crippen LogP contribution in [-0.4, -0.2) is 13.0 Å². The molecule has 0 saturated carbocycles. The number of hydrogen-bond acceptors (Lipinski definition) is 1. The summed E-state index contributed by atoms with van der Waals surface area (Å²) in [7, 11) is 1.83. The van der Waals surface area contributed by atoms with E-state index in [0.717, 1.165) is 11.3 Å². The van der Waals surface area contributed by atoms with Crippen molar-refractivity contribution in [3.8, 4) is 0 Å². The maximum absolute atomic E-state index is 12.1. The van der Waals surface area contributed by atoms with Gasteiger partial charge in [0.1, 0.15) is 0 Å². The molecule has 78 valence electrons. The Balaban J connectivity index is 2.66. The molecular formula is C13H15NO. The normalized spacial score (nSPS) is 25.0. The number of allylic oxidation sites excluding steroid dienone is 1. The average Bonchev–Trinajstić information content (AvgIpc) is 2.43. The SMILES string of the molecule is C/C=C/[C@@]1(C)C(=O)N(C)c2ccccc21. The number of amides is 1. The number of hydrogen-bond donors (Lipinski definition) is 0. The molecule has 1 aliphatic rings. The minimum Gasteiger partial charge on any atom is -0.314 e. The van der Waals surface area contributed by atoms with Crippen molar-refractivity contribution in [2.24, 2.45) is 0 Å². The number of anilines is 1. The van der Waals surface area contributed by atoms with Gasteiger partial charge in [0.25, 0.3) is 0 Å². The van der Waals surface area contributed by atoms with Crippen LogP contribution in [0.3, 0.4) is 0 Å². The first-order valence-electron chi connectivity index (χ1n) is 5.13. The van der Waals surface area contributed by atoms with Crippen molar-refractivity contribution < 1.29 is 4.79 Å². The van der Waals surface area contributed by atoms with Crippen LogP contribution in [0.25, 0.3) is 0 Å². The highest BCUT2D eigenvalue weighted by Gasteiger charge is 2.43. The van der Waals surface area contributed by atoms with E-state index >= 15 is 0 Å². The molecule has 0 fully saturated rings. The molecule has 2 rings (SSSR count). The number of nitrogens with zero attached hydrogens (tertiary/aromatic N) is 1.